The highest BCUT2D eigenvalue weighted by Crippen LogP contribution is 2.32. The molecule has 0 aromatic heterocycles. The lowest BCUT2D eigenvalue weighted by Gasteiger charge is -2.16. The van der Waals surface area contributed by atoms with Gasteiger partial charge in [0.1, 0.15) is 5.78 Å². The molecule has 0 spiro atoms. The van der Waals surface area contributed by atoms with Gasteiger partial charge in [-0.25, -0.2) is 0 Å². The molecule has 2 aromatic carbocycles. The molecule has 0 saturated heterocycles. The Kier molecular flexibility index (Phi) is 5.01. The van der Waals surface area contributed by atoms with Crippen LogP contribution in [0.1, 0.15) is 36.0 Å². The molecule has 1 nitrogen and oxygen atoms in total. The summed E-state index contributed by atoms with van der Waals surface area (Å²) in [5.74, 6) is -0.627. The highest BCUT2D eigenvalue weighted by atomic mass is 19.4. The van der Waals surface area contributed by atoms with Gasteiger partial charge in [0.05, 0.1) is 5.56 Å². The number of hydrogen-bond acceptors (Lipinski definition) is 1. The molecule has 0 bridgehead atoms. The molecular weight excluding hydrogens is 289 g/mol. The fraction of sp³-hybridized carbons (Fsp3) is 0.278. The zero-order chi connectivity index (χ0) is 16.2. The Bertz CT molecular complexity index is 632. The topological polar surface area (TPSA) is 17.1 Å². The number of Topliss-reactive ketones (excluding diaryl/α,β-unsaturated/α-hetero) is 1. The van der Waals surface area contributed by atoms with Crippen molar-refractivity contribution in [3.63, 3.8) is 0 Å². The summed E-state index contributed by atoms with van der Waals surface area (Å²) >= 11 is 0. The van der Waals surface area contributed by atoms with Crippen molar-refractivity contribution >= 4 is 5.78 Å². The molecule has 0 fully saturated rings. The third-order valence-electron chi connectivity index (χ3n) is 3.67. The first-order valence-electron chi connectivity index (χ1n) is 7.09. The number of hydrogen-bond donors (Lipinski definition) is 0. The lowest BCUT2D eigenvalue weighted by atomic mass is 9.88. The van der Waals surface area contributed by atoms with Crippen molar-refractivity contribution in [3.8, 4) is 0 Å². The van der Waals surface area contributed by atoms with Gasteiger partial charge in [0.15, 0.2) is 0 Å². The molecule has 0 aliphatic rings. The van der Waals surface area contributed by atoms with Crippen LogP contribution in [0.2, 0.25) is 0 Å². The van der Waals surface area contributed by atoms with Crippen LogP contribution in [-0.2, 0) is 17.4 Å². The number of rotatable bonds is 5. The van der Waals surface area contributed by atoms with Crippen molar-refractivity contribution in [2.75, 3.05) is 0 Å². The molecule has 0 aliphatic heterocycles. The predicted molar refractivity (Wildman–Crippen MR) is 79.6 cm³/mol. The van der Waals surface area contributed by atoms with E-state index in [1.807, 2.05) is 30.3 Å². The fourth-order valence-corrected chi connectivity index (χ4v) is 2.49. The van der Waals surface area contributed by atoms with Gasteiger partial charge in [0.2, 0.25) is 0 Å². The zero-order valence-electron chi connectivity index (χ0n) is 12.2. The Morgan fingerprint density at radius 1 is 1.05 bits per heavy atom. The molecule has 0 aliphatic carbocycles. The molecule has 0 saturated carbocycles. The molecule has 2 rings (SSSR count). The highest BCUT2D eigenvalue weighted by Gasteiger charge is 2.31. The minimum atomic E-state index is -4.39. The van der Waals surface area contributed by atoms with Crippen LogP contribution in [-0.4, -0.2) is 5.78 Å². The van der Waals surface area contributed by atoms with Gasteiger partial charge in [-0.3, -0.25) is 4.79 Å². The third kappa shape index (κ3) is 4.20. The van der Waals surface area contributed by atoms with Crippen LogP contribution in [0.4, 0.5) is 13.2 Å². The van der Waals surface area contributed by atoms with E-state index in [0.717, 1.165) is 17.7 Å². The Labute approximate surface area is 127 Å². The second-order valence-electron chi connectivity index (χ2n) is 5.31. The van der Waals surface area contributed by atoms with Gasteiger partial charge >= 0.3 is 6.18 Å². The van der Waals surface area contributed by atoms with Crippen LogP contribution in [0, 0.1) is 0 Å². The Balaban J connectivity index is 2.20. The molecule has 4 heteroatoms. The van der Waals surface area contributed by atoms with E-state index in [0.29, 0.717) is 18.4 Å². The lowest BCUT2D eigenvalue weighted by Crippen LogP contribution is -2.12. The monoisotopic (exact) mass is 306 g/mol. The van der Waals surface area contributed by atoms with Crippen LogP contribution < -0.4 is 0 Å². The van der Waals surface area contributed by atoms with E-state index in [2.05, 4.69) is 0 Å². The summed E-state index contributed by atoms with van der Waals surface area (Å²) in [4.78, 5) is 11.8. The molecule has 22 heavy (non-hydrogen) atoms. The number of halogens is 3. The first kappa shape index (κ1) is 16.3. The summed E-state index contributed by atoms with van der Waals surface area (Å²) < 4.78 is 38.4. The first-order valence-corrected chi connectivity index (χ1v) is 7.09. The van der Waals surface area contributed by atoms with Gasteiger partial charge in [0.25, 0.3) is 0 Å². The lowest BCUT2D eigenvalue weighted by molar-refractivity contribution is -0.137. The van der Waals surface area contributed by atoms with E-state index in [1.165, 1.54) is 13.0 Å². The summed E-state index contributed by atoms with van der Waals surface area (Å²) in [5.41, 5.74) is 0.787. The zero-order valence-corrected chi connectivity index (χ0v) is 12.2. The number of carbonyl (C=O) groups is 1. The standard InChI is InChI=1S/C18H17F3O/c1-13(22)17(11-10-14-6-3-2-4-7-14)15-8-5-9-16(12-15)18(19,20)21/h2-9,12,17H,10-11H2,1H3. The van der Waals surface area contributed by atoms with Crippen molar-refractivity contribution in [2.24, 2.45) is 0 Å². The van der Waals surface area contributed by atoms with Crippen LogP contribution in [0.15, 0.2) is 54.6 Å². The molecule has 1 unspecified atom stereocenters. The second kappa shape index (κ2) is 6.77. The molecule has 0 amide bonds. The quantitative estimate of drug-likeness (QED) is 0.759. The maximum Gasteiger partial charge on any atom is 0.416 e. The van der Waals surface area contributed by atoms with Crippen molar-refractivity contribution in [3.05, 3.63) is 71.3 Å². The Hall–Kier alpha value is -2.10. The van der Waals surface area contributed by atoms with Crippen LogP contribution in [0.3, 0.4) is 0 Å². The minimum Gasteiger partial charge on any atom is -0.299 e. The molecule has 0 radical (unpaired) electrons. The Morgan fingerprint density at radius 2 is 1.73 bits per heavy atom. The molecule has 1 atom stereocenters. The van der Waals surface area contributed by atoms with Crippen molar-refractivity contribution in [2.45, 2.75) is 31.9 Å². The number of aryl methyl sites for hydroxylation is 1. The fourth-order valence-electron chi connectivity index (χ4n) is 2.49. The van der Waals surface area contributed by atoms with Crippen LogP contribution in [0.5, 0.6) is 0 Å². The molecular formula is C18H17F3O. The van der Waals surface area contributed by atoms with Crippen LogP contribution in [0.25, 0.3) is 0 Å². The van der Waals surface area contributed by atoms with E-state index in [4.69, 9.17) is 0 Å². The van der Waals surface area contributed by atoms with E-state index in [1.54, 1.807) is 6.07 Å². The molecule has 0 heterocycles. The maximum absolute atomic E-state index is 12.8. The smallest absolute Gasteiger partial charge is 0.299 e. The summed E-state index contributed by atoms with van der Waals surface area (Å²) in [6.07, 6.45) is -3.24. The van der Waals surface area contributed by atoms with Gasteiger partial charge in [-0.1, -0.05) is 48.5 Å². The summed E-state index contributed by atoms with van der Waals surface area (Å²) in [7, 11) is 0. The number of benzene rings is 2. The van der Waals surface area contributed by atoms with E-state index >= 15 is 0 Å². The van der Waals surface area contributed by atoms with E-state index in [-0.39, 0.29) is 5.78 Å². The van der Waals surface area contributed by atoms with E-state index in [9.17, 15) is 18.0 Å². The molecule has 0 N–H and O–H groups in total. The van der Waals surface area contributed by atoms with Gasteiger partial charge in [0, 0.05) is 5.92 Å². The summed E-state index contributed by atoms with van der Waals surface area (Å²) in [6.45, 7) is 1.43. The van der Waals surface area contributed by atoms with Gasteiger partial charge in [-0.05, 0) is 37.0 Å². The second-order valence-corrected chi connectivity index (χ2v) is 5.31. The SMILES string of the molecule is CC(=O)C(CCc1ccccc1)c1cccc(C(F)(F)F)c1. The largest absolute Gasteiger partial charge is 0.416 e. The van der Waals surface area contributed by atoms with Crippen molar-refractivity contribution < 1.29 is 18.0 Å². The molecule has 2 aromatic rings. The Morgan fingerprint density at radius 3 is 2.32 bits per heavy atom. The van der Waals surface area contributed by atoms with Gasteiger partial charge < -0.3 is 0 Å². The number of carbonyl (C=O) groups excluding carboxylic acids is 1. The van der Waals surface area contributed by atoms with Crippen molar-refractivity contribution in [1.82, 2.24) is 0 Å². The predicted octanol–water partition coefficient (Wildman–Crippen LogP) is 5.01. The van der Waals surface area contributed by atoms with Gasteiger partial charge in [-0.15, -0.1) is 0 Å². The first-order chi connectivity index (χ1) is 10.4. The van der Waals surface area contributed by atoms with Crippen molar-refractivity contribution in [1.29, 1.82) is 0 Å². The highest BCUT2D eigenvalue weighted by molar-refractivity contribution is 5.83. The number of alkyl halides is 3. The average Bonchev–Trinajstić information content (AvgIpc) is 2.48. The number of ketones is 1. The maximum atomic E-state index is 12.8. The normalized spacial score (nSPS) is 12.9. The third-order valence-corrected chi connectivity index (χ3v) is 3.67. The molecule has 116 valence electrons. The van der Waals surface area contributed by atoms with Crippen LogP contribution >= 0.6 is 0 Å². The van der Waals surface area contributed by atoms with Gasteiger partial charge in [-0.2, -0.15) is 13.2 Å². The minimum absolute atomic E-state index is 0.116. The average molecular weight is 306 g/mol. The summed E-state index contributed by atoms with van der Waals surface area (Å²) in [6, 6.07) is 14.7. The summed E-state index contributed by atoms with van der Waals surface area (Å²) in [5, 5.41) is 0. The van der Waals surface area contributed by atoms with E-state index < -0.39 is 17.7 Å².